The third kappa shape index (κ3) is 2.53. The smallest absolute Gasteiger partial charge is 0.321 e. The molecule has 0 aliphatic carbocycles. The molecule has 0 amide bonds. The van der Waals surface area contributed by atoms with Crippen LogP contribution in [0.5, 0.6) is 11.5 Å². The lowest BCUT2D eigenvalue weighted by molar-refractivity contribution is 0.394. The first-order chi connectivity index (χ1) is 8.76. The summed E-state index contributed by atoms with van der Waals surface area (Å²) in [6, 6.07) is 5.83. The molecule has 1 aromatic carbocycles. The van der Waals surface area contributed by atoms with E-state index < -0.39 is 0 Å². The molecule has 0 aliphatic heterocycles. The average molecular weight is 249 g/mol. The van der Waals surface area contributed by atoms with Crippen LogP contribution in [0.3, 0.4) is 0 Å². The molecule has 96 valence electrons. The second-order valence-corrected chi connectivity index (χ2v) is 3.55. The quantitative estimate of drug-likeness (QED) is 0.875. The molecule has 0 fully saturated rings. The highest BCUT2D eigenvalue weighted by Crippen LogP contribution is 2.28. The Morgan fingerprint density at radius 3 is 2.39 bits per heavy atom. The molecule has 0 radical (unpaired) electrons. The molecular formula is C12H15N3O3. The maximum atomic E-state index is 5.19. The third-order valence-corrected chi connectivity index (χ3v) is 2.36. The molecule has 2 rings (SSSR count). The fraction of sp³-hybridized carbons (Fsp3) is 0.333. The van der Waals surface area contributed by atoms with E-state index in [-0.39, 0.29) is 0 Å². The molecule has 1 aromatic heterocycles. The van der Waals surface area contributed by atoms with Gasteiger partial charge in [-0.25, -0.2) is 0 Å². The second kappa shape index (κ2) is 5.39. The zero-order valence-corrected chi connectivity index (χ0v) is 10.6. The van der Waals surface area contributed by atoms with Gasteiger partial charge in [-0.2, -0.15) is 4.98 Å². The van der Waals surface area contributed by atoms with Gasteiger partial charge >= 0.3 is 6.01 Å². The van der Waals surface area contributed by atoms with Crippen molar-refractivity contribution in [3.63, 3.8) is 0 Å². The van der Waals surface area contributed by atoms with Crippen LogP contribution in [-0.2, 0) is 0 Å². The van der Waals surface area contributed by atoms with Crippen molar-refractivity contribution in [2.75, 3.05) is 26.1 Å². The van der Waals surface area contributed by atoms with E-state index in [0.717, 1.165) is 12.1 Å². The van der Waals surface area contributed by atoms with E-state index >= 15 is 0 Å². The Kier molecular flexibility index (Phi) is 3.66. The molecule has 1 heterocycles. The number of nitrogens with one attached hydrogen (secondary N) is 1. The lowest BCUT2D eigenvalue weighted by atomic mass is 10.2. The van der Waals surface area contributed by atoms with E-state index in [0.29, 0.717) is 23.3 Å². The molecule has 0 bridgehead atoms. The van der Waals surface area contributed by atoms with Crippen LogP contribution >= 0.6 is 0 Å². The van der Waals surface area contributed by atoms with Crippen LogP contribution in [0.4, 0.5) is 6.01 Å². The molecular weight excluding hydrogens is 234 g/mol. The number of hydrogen-bond donors (Lipinski definition) is 1. The summed E-state index contributed by atoms with van der Waals surface area (Å²) in [7, 11) is 3.19. The normalized spacial score (nSPS) is 10.2. The van der Waals surface area contributed by atoms with Crippen molar-refractivity contribution in [2.24, 2.45) is 0 Å². The summed E-state index contributed by atoms with van der Waals surface area (Å²) < 4.78 is 15.4. The summed E-state index contributed by atoms with van der Waals surface area (Å²) in [6.45, 7) is 2.68. The van der Waals surface area contributed by atoms with E-state index in [9.17, 15) is 0 Å². The minimum atomic E-state index is 0.397. The first kappa shape index (κ1) is 12.2. The topological polar surface area (TPSA) is 69.4 Å². The number of methoxy groups -OCH3 is 2. The van der Waals surface area contributed by atoms with Crippen molar-refractivity contribution < 1.29 is 14.0 Å². The van der Waals surface area contributed by atoms with Crippen molar-refractivity contribution in [1.29, 1.82) is 0 Å². The molecule has 6 heteroatoms. The van der Waals surface area contributed by atoms with Gasteiger partial charge in [-0.15, -0.1) is 0 Å². The van der Waals surface area contributed by atoms with Gasteiger partial charge < -0.3 is 19.3 Å². The predicted molar refractivity (Wildman–Crippen MR) is 67.0 cm³/mol. The van der Waals surface area contributed by atoms with Crippen LogP contribution in [0.1, 0.15) is 6.92 Å². The molecule has 18 heavy (non-hydrogen) atoms. The number of hydrogen-bond acceptors (Lipinski definition) is 6. The Hall–Kier alpha value is -2.24. The largest absolute Gasteiger partial charge is 0.497 e. The first-order valence-corrected chi connectivity index (χ1v) is 5.57. The summed E-state index contributed by atoms with van der Waals surface area (Å²) in [6.07, 6.45) is 0. The average Bonchev–Trinajstić information content (AvgIpc) is 2.87. The lowest BCUT2D eigenvalue weighted by Crippen LogP contribution is -1.96. The Bertz CT molecular complexity index is 503. The Labute approximate surface area is 105 Å². The molecule has 0 saturated carbocycles. The van der Waals surface area contributed by atoms with Gasteiger partial charge in [0.15, 0.2) is 0 Å². The van der Waals surface area contributed by atoms with Gasteiger partial charge in [0.25, 0.3) is 0 Å². The molecule has 0 atom stereocenters. The summed E-state index contributed by atoms with van der Waals surface area (Å²) in [5, 5.41) is 6.85. The van der Waals surface area contributed by atoms with Crippen molar-refractivity contribution in [1.82, 2.24) is 10.1 Å². The molecule has 1 N–H and O–H groups in total. The zero-order valence-electron chi connectivity index (χ0n) is 10.6. The molecule has 6 nitrogen and oxygen atoms in total. The van der Waals surface area contributed by atoms with Crippen molar-refractivity contribution in [2.45, 2.75) is 6.92 Å². The minimum absolute atomic E-state index is 0.397. The minimum Gasteiger partial charge on any atom is -0.497 e. The van der Waals surface area contributed by atoms with Crippen molar-refractivity contribution in [3.8, 4) is 22.9 Å². The van der Waals surface area contributed by atoms with E-state index in [4.69, 9.17) is 14.0 Å². The molecule has 0 saturated heterocycles. The summed E-state index contributed by atoms with van der Waals surface area (Å²) in [4.78, 5) is 4.22. The van der Waals surface area contributed by atoms with E-state index in [1.165, 1.54) is 0 Å². The lowest BCUT2D eigenvalue weighted by Gasteiger charge is -2.05. The fourth-order valence-corrected chi connectivity index (χ4v) is 1.50. The van der Waals surface area contributed by atoms with E-state index in [2.05, 4.69) is 15.5 Å². The van der Waals surface area contributed by atoms with Crippen LogP contribution in [0, 0.1) is 0 Å². The number of anilines is 1. The van der Waals surface area contributed by atoms with Crippen molar-refractivity contribution in [3.05, 3.63) is 18.2 Å². The number of nitrogens with zero attached hydrogens (tertiary/aromatic N) is 2. The van der Waals surface area contributed by atoms with Gasteiger partial charge in [-0.1, -0.05) is 5.16 Å². The Balaban J connectivity index is 2.35. The number of aromatic nitrogens is 2. The van der Waals surface area contributed by atoms with Crippen LogP contribution in [0.25, 0.3) is 11.4 Å². The number of benzene rings is 1. The first-order valence-electron chi connectivity index (χ1n) is 5.57. The summed E-state index contributed by atoms with van der Waals surface area (Å²) in [5.74, 6) is 1.85. The van der Waals surface area contributed by atoms with Crippen LogP contribution in [0.2, 0.25) is 0 Å². The molecule has 0 spiro atoms. The monoisotopic (exact) mass is 249 g/mol. The number of rotatable bonds is 5. The van der Waals surface area contributed by atoms with Crippen LogP contribution in [-0.4, -0.2) is 30.9 Å². The molecule has 0 unspecified atom stereocenters. The maximum absolute atomic E-state index is 5.19. The summed E-state index contributed by atoms with van der Waals surface area (Å²) in [5.41, 5.74) is 0.777. The Morgan fingerprint density at radius 1 is 1.17 bits per heavy atom. The standard InChI is InChI=1S/C12H15N3O3/c1-4-13-12-14-11(15-18-12)8-5-9(16-2)7-10(6-8)17-3/h5-7H,4H2,1-3H3,(H,13,14,15). The van der Waals surface area contributed by atoms with E-state index in [1.807, 2.05) is 19.1 Å². The molecule has 2 aromatic rings. The number of ether oxygens (including phenoxy) is 2. The van der Waals surface area contributed by atoms with Gasteiger partial charge in [0, 0.05) is 18.2 Å². The molecule has 0 aliphatic rings. The van der Waals surface area contributed by atoms with Gasteiger partial charge in [0.05, 0.1) is 14.2 Å². The predicted octanol–water partition coefficient (Wildman–Crippen LogP) is 2.19. The SMILES string of the molecule is CCNc1nc(-c2cc(OC)cc(OC)c2)no1. The zero-order chi connectivity index (χ0) is 13.0. The highest BCUT2D eigenvalue weighted by molar-refractivity contribution is 5.61. The van der Waals surface area contributed by atoms with E-state index in [1.54, 1.807) is 20.3 Å². The van der Waals surface area contributed by atoms with Gasteiger partial charge in [0.2, 0.25) is 5.82 Å². The third-order valence-electron chi connectivity index (χ3n) is 2.36. The summed E-state index contributed by atoms with van der Waals surface area (Å²) >= 11 is 0. The maximum Gasteiger partial charge on any atom is 0.321 e. The van der Waals surface area contributed by atoms with Crippen molar-refractivity contribution >= 4 is 6.01 Å². The highest BCUT2D eigenvalue weighted by atomic mass is 16.5. The fourth-order valence-electron chi connectivity index (χ4n) is 1.50. The van der Waals surface area contributed by atoms with Crippen LogP contribution < -0.4 is 14.8 Å². The second-order valence-electron chi connectivity index (χ2n) is 3.55. The van der Waals surface area contributed by atoms with Gasteiger partial charge in [-0.3, -0.25) is 0 Å². The Morgan fingerprint density at radius 2 is 1.83 bits per heavy atom. The van der Waals surface area contributed by atoms with Gasteiger partial charge in [-0.05, 0) is 19.1 Å². The van der Waals surface area contributed by atoms with Gasteiger partial charge in [0.1, 0.15) is 11.5 Å². The van der Waals surface area contributed by atoms with Crippen LogP contribution in [0.15, 0.2) is 22.7 Å². The highest BCUT2D eigenvalue weighted by Gasteiger charge is 2.10.